The van der Waals surface area contributed by atoms with Gasteiger partial charge in [0.25, 0.3) is 0 Å². The molecule has 0 radical (unpaired) electrons. The van der Waals surface area contributed by atoms with Gasteiger partial charge in [-0.1, -0.05) is 0 Å². The quantitative estimate of drug-likeness (QED) is 0.791. The molecule has 0 unspecified atom stereocenters. The summed E-state index contributed by atoms with van der Waals surface area (Å²) in [6.45, 7) is 2.60. The first kappa shape index (κ1) is 14.2. The fraction of sp³-hybridized carbons (Fsp3) is 0.462. The summed E-state index contributed by atoms with van der Waals surface area (Å²) in [5.41, 5.74) is -1.51. The molecule has 0 atom stereocenters. The maximum absolute atomic E-state index is 12.1. The van der Waals surface area contributed by atoms with E-state index < -0.39 is 5.51 Å². The Balaban J connectivity index is 2.00. The van der Waals surface area contributed by atoms with Crippen molar-refractivity contribution in [2.45, 2.75) is 18.9 Å². The summed E-state index contributed by atoms with van der Waals surface area (Å²) in [6.07, 6.45) is 0.785. The highest BCUT2D eigenvalue weighted by Gasteiger charge is 2.28. The summed E-state index contributed by atoms with van der Waals surface area (Å²) < 4.78 is 36.2. The normalized spacial score (nSPS) is 14.6. The maximum atomic E-state index is 12.1. The highest BCUT2D eigenvalue weighted by atomic mass is 32.2. The average molecular weight is 289 g/mol. The van der Waals surface area contributed by atoms with Crippen molar-refractivity contribution in [3.8, 4) is 0 Å². The third kappa shape index (κ3) is 3.65. The third-order valence-electron chi connectivity index (χ3n) is 3.10. The Morgan fingerprint density at radius 3 is 2.79 bits per heavy atom. The second kappa shape index (κ2) is 5.45. The number of fused-ring (bicyclic) bond motifs is 1. The molecule has 0 spiro atoms. The van der Waals surface area contributed by atoms with Crippen LogP contribution in [0.3, 0.4) is 0 Å². The Hall–Kier alpha value is -1.17. The van der Waals surface area contributed by atoms with Crippen LogP contribution in [0, 0.1) is 0 Å². The zero-order valence-corrected chi connectivity index (χ0v) is 11.3. The van der Waals surface area contributed by atoms with Gasteiger partial charge in [0.05, 0.1) is 0 Å². The molecule has 0 fully saturated rings. The number of thioether (sulfide) groups is 1. The number of carbonyl (C=O) groups is 1. The fourth-order valence-electron chi connectivity index (χ4n) is 2.19. The lowest BCUT2D eigenvalue weighted by atomic mass is 10.1. The Kier molecular flexibility index (Phi) is 4.08. The van der Waals surface area contributed by atoms with Gasteiger partial charge in [-0.25, -0.2) is 0 Å². The molecule has 2 nitrogen and oxygen atoms in total. The van der Waals surface area contributed by atoms with Gasteiger partial charge in [0, 0.05) is 30.1 Å². The molecule has 0 saturated heterocycles. The molecule has 1 aromatic rings. The van der Waals surface area contributed by atoms with Crippen molar-refractivity contribution in [2.24, 2.45) is 0 Å². The Morgan fingerprint density at radius 2 is 2.16 bits per heavy atom. The van der Waals surface area contributed by atoms with Gasteiger partial charge < -0.3 is 4.90 Å². The number of rotatable bonds is 4. The maximum Gasteiger partial charge on any atom is 0.441 e. The van der Waals surface area contributed by atoms with E-state index in [9.17, 15) is 18.0 Å². The highest BCUT2D eigenvalue weighted by molar-refractivity contribution is 8.00. The number of hydrogen-bond acceptors (Lipinski definition) is 3. The molecular weight excluding hydrogens is 275 g/mol. The zero-order chi connectivity index (χ0) is 14.0. The smallest absolute Gasteiger partial charge is 0.370 e. The van der Waals surface area contributed by atoms with E-state index in [1.54, 1.807) is 6.07 Å². The van der Waals surface area contributed by atoms with Gasteiger partial charge >= 0.3 is 5.51 Å². The third-order valence-corrected chi connectivity index (χ3v) is 3.82. The largest absolute Gasteiger partial charge is 0.441 e. The van der Waals surface area contributed by atoms with Crippen LogP contribution in [0.15, 0.2) is 18.2 Å². The average Bonchev–Trinajstić information content (AvgIpc) is 2.70. The molecule has 1 heterocycles. The minimum absolute atomic E-state index is 0.00735. The standard InChI is InChI=1S/C13H14F3NOS/c1-9(18)10-2-3-12-11(8-10)4-5-17(12)6-7-19-13(14,15)16/h2-3,8H,4-7H2,1H3. The molecule has 1 aliphatic heterocycles. The molecule has 0 amide bonds. The predicted octanol–water partition coefficient (Wildman–Crippen LogP) is 3.50. The van der Waals surface area contributed by atoms with E-state index in [0.717, 1.165) is 24.2 Å². The van der Waals surface area contributed by atoms with Gasteiger partial charge in [0.2, 0.25) is 0 Å². The van der Waals surface area contributed by atoms with E-state index in [-0.39, 0.29) is 23.3 Å². The molecule has 104 valence electrons. The number of alkyl halides is 3. The van der Waals surface area contributed by atoms with Crippen LogP contribution in [0.5, 0.6) is 0 Å². The Morgan fingerprint density at radius 1 is 1.42 bits per heavy atom. The number of hydrogen-bond donors (Lipinski definition) is 0. The zero-order valence-electron chi connectivity index (χ0n) is 10.5. The van der Waals surface area contributed by atoms with E-state index in [2.05, 4.69) is 0 Å². The van der Waals surface area contributed by atoms with Crippen LogP contribution in [0.25, 0.3) is 0 Å². The van der Waals surface area contributed by atoms with Crippen molar-refractivity contribution >= 4 is 23.2 Å². The summed E-state index contributed by atoms with van der Waals surface area (Å²) in [4.78, 5) is 13.2. The van der Waals surface area contributed by atoms with Crippen LogP contribution in [-0.2, 0) is 6.42 Å². The van der Waals surface area contributed by atoms with E-state index in [0.29, 0.717) is 12.1 Å². The van der Waals surface area contributed by atoms with Gasteiger partial charge in [-0.2, -0.15) is 13.2 Å². The molecule has 6 heteroatoms. The number of ketones is 1. The lowest BCUT2D eigenvalue weighted by molar-refractivity contribution is -0.0327. The van der Waals surface area contributed by atoms with Crippen LogP contribution in [0.2, 0.25) is 0 Å². The minimum Gasteiger partial charge on any atom is -0.370 e. The molecule has 0 aliphatic carbocycles. The predicted molar refractivity (Wildman–Crippen MR) is 70.9 cm³/mol. The molecule has 1 aromatic carbocycles. The topological polar surface area (TPSA) is 20.3 Å². The first-order valence-electron chi connectivity index (χ1n) is 5.96. The number of benzene rings is 1. The first-order valence-corrected chi connectivity index (χ1v) is 6.95. The summed E-state index contributed by atoms with van der Waals surface area (Å²) in [5.74, 6) is 0.0334. The molecule has 0 aromatic heterocycles. The van der Waals surface area contributed by atoms with Crippen molar-refractivity contribution in [1.29, 1.82) is 0 Å². The van der Waals surface area contributed by atoms with Crippen molar-refractivity contribution in [3.05, 3.63) is 29.3 Å². The number of carbonyl (C=O) groups excluding carboxylic acids is 1. The molecule has 0 saturated carbocycles. The fourth-order valence-corrected chi connectivity index (χ4v) is 2.74. The lowest BCUT2D eigenvalue weighted by Crippen LogP contribution is -2.24. The van der Waals surface area contributed by atoms with Gasteiger partial charge in [-0.3, -0.25) is 4.79 Å². The second-order valence-electron chi connectivity index (χ2n) is 4.43. The number of nitrogens with zero attached hydrogens (tertiary/aromatic N) is 1. The van der Waals surface area contributed by atoms with Crippen LogP contribution in [0.1, 0.15) is 22.8 Å². The summed E-state index contributed by atoms with van der Waals surface area (Å²) in [6, 6.07) is 5.41. The number of Topliss-reactive ketones (excluding diaryl/α,β-unsaturated/α-hetero) is 1. The van der Waals surface area contributed by atoms with E-state index in [1.165, 1.54) is 6.92 Å². The van der Waals surface area contributed by atoms with E-state index in [4.69, 9.17) is 0 Å². The van der Waals surface area contributed by atoms with Gasteiger partial charge in [0.1, 0.15) is 0 Å². The molecule has 1 aliphatic rings. The van der Waals surface area contributed by atoms with Crippen molar-refractivity contribution in [1.82, 2.24) is 0 Å². The van der Waals surface area contributed by atoms with Crippen molar-refractivity contribution in [2.75, 3.05) is 23.7 Å². The van der Waals surface area contributed by atoms with Crippen LogP contribution in [-0.4, -0.2) is 30.1 Å². The van der Waals surface area contributed by atoms with Gasteiger partial charge in [-0.15, -0.1) is 0 Å². The summed E-state index contributed by atoms with van der Waals surface area (Å²) in [7, 11) is 0. The molecule has 0 N–H and O–H groups in total. The van der Waals surface area contributed by atoms with Crippen LogP contribution >= 0.6 is 11.8 Å². The SMILES string of the molecule is CC(=O)c1ccc2c(c1)CCN2CCSC(F)(F)F. The molecule has 19 heavy (non-hydrogen) atoms. The van der Waals surface area contributed by atoms with E-state index in [1.807, 2.05) is 17.0 Å². The minimum atomic E-state index is -4.17. The Labute approximate surface area is 114 Å². The second-order valence-corrected chi connectivity index (χ2v) is 5.59. The molecule has 0 bridgehead atoms. The highest BCUT2D eigenvalue weighted by Crippen LogP contribution is 2.32. The first-order chi connectivity index (χ1) is 8.87. The van der Waals surface area contributed by atoms with Crippen LogP contribution in [0.4, 0.5) is 18.9 Å². The van der Waals surface area contributed by atoms with Crippen LogP contribution < -0.4 is 4.90 Å². The Bertz CT molecular complexity index is 487. The summed E-state index contributed by atoms with van der Waals surface area (Å²) >= 11 is 0.00735. The summed E-state index contributed by atoms with van der Waals surface area (Å²) in [5, 5.41) is 0. The molecular formula is C13H14F3NOS. The molecule has 2 rings (SSSR count). The van der Waals surface area contributed by atoms with Crippen molar-refractivity contribution < 1.29 is 18.0 Å². The lowest BCUT2D eigenvalue weighted by Gasteiger charge is -2.19. The number of halogens is 3. The van der Waals surface area contributed by atoms with Gasteiger partial charge in [0.15, 0.2) is 5.78 Å². The number of anilines is 1. The van der Waals surface area contributed by atoms with E-state index >= 15 is 0 Å². The van der Waals surface area contributed by atoms with Crippen molar-refractivity contribution in [3.63, 3.8) is 0 Å². The van der Waals surface area contributed by atoms with Gasteiger partial charge in [-0.05, 0) is 48.9 Å². The monoisotopic (exact) mass is 289 g/mol.